The highest BCUT2D eigenvalue weighted by Gasteiger charge is 2.35. The summed E-state index contributed by atoms with van der Waals surface area (Å²) in [6, 6.07) is 12.1. The van der Waals surface area contributed by atoms with Gasteiger partial charge in [0.25, 0.3) is 0 Å². The minimum Gasteiger partial charge on any atom is -0.465 e. The predicted molar refractivity (Wildman–Crippen MR) is 94.3 cm³/mol. The molecule has 0 radical (unpaired) electrons. The number of hydrogen-bond acceptors (Lipinski definition) is 5. The molecule has 1 fully saturated rings. The van der Waals surface area contributed by atoms with E-state index in [9.17, 15) is 14.4 Å². The number of ether oxygens (including phenoxy) is 1. The van der Waals surface area contributed by atoms with E-state index in [-0.39, 0.29) is 24.8 Å². The Morgan fingerprint density at radius 1 is 1.27 bits per heavy atom. The fourth-order valence-corrected chi connectivity index (χ4v) is 2.88. The number of pyridine rings is 1. The molecule has 0 bridgehead atoms. The first-order valence-electron chi connectivity index (χ1n) is 8.25. The van der Waals surface area contributed by atoms with Crippen LogP contribution in [0.4, 0.5) is 5.69 Å². The fraction of sp³-hybridized carbons (Fsp3) is 0.263. The quantitative estimate of drug-likeness (QED) is 0.824. The number of amides is 2. The van der Waals surface area contributed by atoms with E-state index in [2.05, 4.69) is 10.3 Å². The van der Waals surface area contributed by atoms with Gasteiger partial charge in [-0.15, -0.1) is 0 Å². The van der Waals surface area contributed by atoms with Crippen molar-refractivity contribution in [3.63, 3.8) is 0 Å². The van der Waals surface area contributed by atoms with Gasteiger partial charge >= 0.3 is 5.97 Å². The van der Waals surface area contributed by atoms with Crippen molar-refractivity contribution in [3.8, 4) is 0 Å². The van der Waals surface area contributed by atoms with E-state index in [0.717, 1.165) is 5.69 Å². The third kappa shape index (κ3) is 3.88. The minimum absolute atomic E-state index is 0.135. The first-order chi connectivity index (χ1) is 12.6. The van der Waals surface area contributed by atoms with Crippen LogP contribution in [0.2, 0.25) is 0 Å². The lowest BCUT2D eigenvalue weighted by Gasteiger charge is -2.17. The number of methoxy groups -OCH3 is 1. The number of esters is 1. The van der Waals surface area contributed by atoms with Gasteiger partial charge in [0.15, 0.2) is 0 Å². The van der Waals surface area contributed by atoms with Crippen LogP contribution >= 0.6 is 0 Å². The Labute approximate surface area is 151 Å². The Bertz CT molecular complexity index is 823. The standard InChI is InChI=1S/C19H19N3O4/c1-26-19(25)13-5-4-7-16(9-13)22-12-14(10-17(22)23)18(24)21-11-15-6-2-3-8-20-15/h2-9,14H,10-12H2,1H3,(H,21,24). The zero-order valence-electron chi connectivity index (χ0n) is 14.3. The summed E-state index contributed by atoms with van der Waals surface area (Å²) in [4.78, 5) is 42.0. The first-order valence-corrected chi connectivity index (χ1v) is 8.25. The number of hydrogen-bond donors (Lipinski definition) is 1. The Balaban J connectivity index is 1.65. The number of anilines is 1. The summed E-state index contributed by atoms with van der Waals surface area (Å²) in [5.74, 6) is -1.24. The molecule has 2 heterocycles. The number of carbonyl (C=O) groups is 3. The Hall–Kier alpha value is -3.22. The summed E-state index contributed by atoms with van der Waals surface area (Å²) in [7, 11) is 1.30. The van der Waals surface area contributed by atoms with Crippen LogP contribution in [0, 0.1) is 5.92 Å². The largest absolute Gasteiger partial charge is 0.465 e. The summed E-state index contributed by atoms with van der Waals surface area (Å²) in [6.07, 6.45) is 1.80. The van der Waals surface area contributed by atoms with Crippen LogP contribution in [0.25, 0.3) is 0 Å². The number of aromatic nitrogens is 1. The van der Waals surface area contributed by atoms with E-state index in [4.69, 9.17) is 4.74 Å². The SMILES string of the molecule is COC(=O)c1cccc(N2CC(C(=O)NCc3ccccn3)CC2=O)c1. The minimum atomic E-state index is -0.469. The molecule has 1 N–H and O–H groups in total. The summed E-state index contributed by atoms with van der Waals surface area (Å²) < 4.78 is 4.70. The molecule has 134 valence electrons. The topological polar surface area (TPSA) is 88.6 Å². The molecule has 0 spiro atoms. The van der Waals surface area contributed by atoms with Gasteiger partial charge in [0.05, 0.1) is 30.8 Å². The van der Waals surface area contributed by atoms with Gasteiger partial charge in [0, 0.05) is 24.8 Å². The van der Waals surface area contributed by atoms with Gasteiger partial charge in [0.2, 0.25) is 11.8 Å². The molecule has 7 heteroatoms. The van der Waals surface area contributed by atoms with Gasteiger partial charge in [-0.3, -0.25) is 14.6 Å². The maximum absolute atomic E-state index is 12.4. The van der Waals surface area contributed by atoms with E-state index < -0.39 is 11.9 Å². The van der Waals surface area contributed by atoms with Gasteiger partial charge in [-0.05, 0) is 30.3 Å². The van der Waals surface area contributed by atoms with E-state index in [1.807, 2.05) is 12.1 Å². The maximum atomic E-state index is 12.4. The van der Waals surface area contributed by atoms with Crippen LogP contribution in [0.5, 0.6) is 0 Å². The number of nitrogens with one attached hydrogen (secondary N) is 1. The molecule has 1 aliphatic rings. The van der Waals surface area contributed by atoms with Crippen molar-refractivity contribution in [2.24, 2.45) is 5.92 Å². The predicted octanol–water partition coefficient (Wildman–Crippen LogP) is 1.54. The average Bonchev–Trinajstić information content (AvgIpc) is 3.08. The smallest absolute Gasteiger partial charge is 0.337 e. The molecule has 1 atom stereocenters. The molecular weight excluding hydrogens is 334 g/mol. The number of benzene rings is 1. The Morgan fingerprint density at radius 3 is 2.85 bits per heavy atom. The third-order valence-corrected chi connectivity index (χ3v) is 4.24. The van der Waals surface area contributed by atoms with E-state index in [1.54, 1.807) is 36.5 Å². The van der Waals surface area contributed by atoms with Gasteiger partial charge in [-0.25, -0.2) is 4.79 Å². The van der Waals surface area contributed by atoms with Crippen molar-refractivity contribution in [3.05, 3.63) is 59.9 Å². The monoisotopic (exact) mass is 353 g/mol. The second kappa shape index (κ2) is 7.77. The lowest BCUT2D eigenvalue weighted by atomic mass is 10.1. The van der Waals surface area contributed by atoms with Crippen molar-refractivity contribution >= 4 is 23.5 Å². The highest BCUT2D eigenvalue weighted by molar-refractivity contribution is 6.01. The van der Waals surface area contributed by atoms with Crippen molar-refractivity contribution in [1.29, 1.82) is 0 Å². The summed E-state index contributed by atoms with van der Waals surface area (Å²) in [5, 5.41) is 2.82. The molecule has 1 saturated heterocycles. The molecule has 1 aromatic heterocycles. The molecule has 1 aliphatic heterocycles. The van der Waals surface area contributed by atoms with Crippen LogP contribution in [0.15, 0.2) is 48.7 Å². The maximum Gasteiger partial charge on any atom is 0.337 e. The second-order valence-electron chi connectivity index (χ2n) is 5.99. The number of nitrogens with zero attached hydrogens (tertiary/aromatic N) is 2. The molecule has 2 amide bonds. The molecule has 0 saturated carbocycles. The Kier molecular flexibility index (Phi) is 5.26. The van der Waals surface area contributed by atoms with Gasteiger partial charge in [-0.1, -0.05) is 12.1 Å². The molecule has 2 aromatic rings. The van der Waals surface area contributed by atoms with Crippen LogP contribution in [0.3, 0.4) is 0 Å². The third-order valence-electron chi connectivity index (χ3n) is 4.24. The molecule has 1 aromatic carbocycles. The van der Waals surface area contributed by atoms with E-state index >= 15 is 0 Å². The molecule has 0 aliphatic carbocycles. The lowest BCUT2D eigenvalue weighted by Crippen LogP contribution is -2.32. The fourth-order valence-electron chi connectivity index (χ4n) is 2.88. The zero-order chi connectivity index (χ0) is 18.5. The van der Waals surface area contributed by atoms with Gasteiger partial charge in [-0.2, -0.15) is 0 Å². The van der Waals surface area contributed by atoms with Gasteiger partial charge < -0.3 is 15.0 Å². The highest BCUT2D eigenvalue weighted by Crippen LogP contribution is 2.26. The zero-order valence-corrected chi connectivity index (χ0v) is 14.3. The lowest BCUT2D eigenvalue weighted by molar-refractivity contribution is -0.126. The van der Waals surface area contributed by atoms with E-state index in [0.29, 0.717) is 17.8 Å². The Morgan fingerprint density at radius 2 is 2.12 bits per heavy atom. The number of carbonyl (C=O) groups excluding carboxylic acids is 3. The highest BCUT2D eigenvalue weighted by atomic mass is 16.5. The summed E-state index contributed by atoms with van der Waals surface area (Å²) in [6.45, 7) is 0.597. The van der Waals surface area contributed by atoms with Crippen LogP contribution in [-0.4, -0.2) is 36.4 Å². The molecule has 3 rings (SSSR count). The van der Waals surface area contributed by atoms with Crippen molar-refractivity contribution in [1.82, 2.24) is 10.3 Å². The van der Waals surface area contributed by atoms with Crippen molar-refractivity contribution in [2.45, 2.75) is 13.0 Å². The molecule has 26 heavy (non-hydrogen) atoms. The van der Waals surface area contributed by atoms with Crippen LogP contribution < -0.4 is 10.2 Å². The van der Waals surface area contributed by atoms with Crippen LogP contribution in [0.1, 0.15) is 22.5 Å². The normalized spacial score (nSPS) is 16.4. The van der Waals surface area contributed by atoms with Crippen LogP contribution in [-0.2, 0) is 20.9 Å². The van der Waals surface area contributed by atoms with E-state index in [1.165, 1.54) is 12.0 Å². The average molecular weight is 353 g/mol. The van der Waals surface area contributed by atoms with Gasteiger partial charge in [0.1, 0.15) is 0 Å². The molecule has 7 nitrogen and oxygen atoms in total. The number of rotatable bonds is 5. The van der Waals surface area contributed by atoms with Crippen molar-refractivity contribution < 1.29 is 19.1 Å². The summed E-state index contributed by atoms with van der Waals surface area (Å²) in [5.41, 5.74) is 1.70. The first kappa shape index (κ1) is 17.6. The molecular formula is C19H19N3O4. The summed E-state index contributed by atoms with van der Waals surface area (Å²) >= 11 is 0. The second-order valence-corrected chi connectivity index (χ2v) is 5.99. The molecule has 1 unspecified atom stereocenters. The van der Waals surface area contributed by atoms with Crippen molar-refractivity contribution in [2.75, 3.05) is 18.6 Å².